The average molecular weight is 840 g/mol. The zero-order chi connectivity index (χ0) is 44.0. The number of fused-ring (bicyclic) bond motifs is 18. The third-order valence-corrected chi connectivity index (χ3v) is 10.5. The standard InChI is InChI=1S/C48H53N7O7/c1-31(2)27-37-25-26-55(54-37)38-20-15-35(16-21-38)29-41-46(59)52-40(28-33-11-7-4-8-12-33)47(60)53-42(48(61)62)30-34-13-18-36(19-14-34)49-43(56)23-24-44(57)50-39(45(58)51-41)22-17-32-9-5-3-6-10-32/h3-16,18-21,25-26,31,39-42H,17,22-24,27-30H2,1-2H3,(H,49,56)(H,50,57)(H,51,58)(H,52,59)(H,53,60)(H,61,62). The minimum absolute atomic E-state index is 0.00231. The highest BCUT2D eigenvalue weighted by Crippen LogP contribution is 2.16. The van der Waals surface area contributed by atoms with Crippen LogP contribution in [0.15, 0.2) is 121 Å². The summed E-state index contributed by atoms with van der Waals surface area (Å²) in [7, 11) is 0. The van der Waals surface area contributed by atoms with Crippen LogP contribution in [0, 0.1) is 5.92 Å². The average Bonchev–Trinajstić information content (AvgIpc) is 3.72. The highest BCUT2D eigenvalue weighted by Gasteiger charge is 2.32. The second kappa shape index (κ2) is 21.4. The summed E-state index contributed by atoms with van der Waals surface area (Å²) >= 11 is 0. The first-order chi connectivity index (χ1) is 29.9. The number of amides is 5. The maximum atomic E-state index is 14.5. The summed E-state index contributed by atoms with van der Waals surface area (Å²) in [4.78, 5) is 81.6. The first-order valence-electron chi connectivity index (χ1n) is 20.9. The number of benzene rings is 4. The molecule has 6 N–H and O–H groups in total. The van der Waals surface area contributed by atoms with Crippen molar-refractivity contribution < 1.29 is 33.9 Å². The molecule has 62 heavy (non-hydrogen) atoms. The summed E-state index contributed by atoms with van der Waals surface area (Å²) < 4.78 is 1.77. The van der Waals surface area contributed by atoms with Crippen molar-refractivity contribution in [1.82, 2.24) is 31.0 Å². The Morgan fingerprint density at radius 1 is 0.661 bits per heavy atom. The summed E-state index contributed by atoms with van der Waals surface area (Å²) in [5.74, 6) is -3.86. The second-order valence-electron chi connectivity index (χ2n) is 16.0. The molecule has 5 aromatic rings. The van der Waals surface area contributed by atoms with Gasteiger partial charge in [-0.3, -0.25) is 24.0 Å². The summed E-state index contributed by atoms with van der Waals surface area (Å²) in [6, 6.07) is 29.3. The molecule has 0 saturated heterocycles. The Kier molecular flexibility index (Phi) is 15.4. The van der Waals surface area contributed by atoms with Gasteiger partial charge in [-0.05, 0) is 77.8 Å². The van der Waals surface area contributed by atoms with Crippen LogP contribution in [0.3, 0.4) is 0 Å². The smallest absolute Gasteiger partial charge is 0.326 e. The molecular weight excluding hydrogens is 787 g/mol. The van der Waals surface area contributed by atoms with E-state index in [1.165, 1.54) is 0 Å². The molecule has 0 aliphatic carbocycles. The molecule has 3 heterocycles. The third kappa shape index (κ3) is 13.2. The molecule has 2 aliphatic rings. The van der Waals surface area contributed by atoms with Crippen molar-refractivity contribution in [2.24, 2.45) is 5.92 Å². The first kappa shape index (κ1) is 44.5. The van der Waals surface area contributed by atoms with E-state index in [0.29, 0.717) is 34.7 Å². The number of nitrogens with zero attached hydrogens (tertiary/aromatic N) is 2. The van der Waals surface area contributed by atoms with Crippen LogP contribution < -0.4 is 26.6 Å². The number of nitrogens with one attached hydrogen (secondary N) is 5. The predicted molar refractivity (Wildman–Crippen MR) is 234 cm³/mol. The number of hydrogen-bond donors (Lipinski definition) is 6. The summed E-state index contributed by atoms with van der Waals surface area (Å²) in [6.45, 7) is 4.25. The normalized spacial score (nSPS) is 19.4. The molecule has 7 rings (SSSR count). The van der Waals surface area contributed by atoms with Crippen molar-refractivity contribution in [3.63, 3.8) is 0 Å². The minimum atomic E-state index is -1.36. The Bertz CT molecular complexity index is 2310. The van der Waals surface area contributed by atoms with Gasteiger partial charge in [0.05, 0.1) is 11.4 Å². The number of aryl methyl sites for hydroxylation is 1. The Labute approximate surface area is 360 Å². The molecule has 14 nitrogen and oxygen atoms in total. The van der Waals surface area contributed by atoms with Gasteiger partial charge in [0.2, 0.25) is 29.5 Å². The van der Waals surface area contributed by atoms with E-state index < -0.39 is 59.7 Å². The lowest BCUT2D eigenvalue weighted by atomic mass is 10.00. The number of carbonyl (C=O) groups is 6. The van der Waals surface area contributed by atoms with E-state index in [2.05, 4.69) is 45.5 Å². The fraction of sp³-hybridized carbons (Fsp3) is 0.312. The van der Waals surface area contributed by atoms with Gasteiger partial charge >= 0.3 is 5.97 Å². The Morgan fingerprint density at radius 3 is 1.84 bits per heavy atom. The first-order valence-corrected chi connectivity index (χ1v) is 20.9. The number of carboxylic acid groups (broad SMARTS) is 1. The molecule has 0 saturated carbocycles. The van der Waals surface area contributed by atoms with E-state index in [9.17, 15) is 33.9 Å². The molecule has 0 radical (unpaired) electrons. The number of anilines is 1. The highest BCUT2D eigenvalue weighted by molar-refractivity contribution is 5.96. The minimum Gasteiger partial charge on any atom is -0.480 e. The van der Waals surface area contributed by atoms with Gasteiger partial charge in [0, 0.05) is 44.0 Å². The topological polar surface area (TPSA) is 201 Å². The number of rotatable bonds is 11. The van der Waals surface area contributed by atoms with E-state index in [-0.39, 0.29) is 38.5 Å². The number of aliphatic carboxylic acids is 1. The number of carboxylic acids is 1. The van der Waals surface area contributed by atoms with Crippen LogP contribution in [0.25, 0.3) is 5.69 Å². The molecule has 1 aromatic heterocycles. The summed E-state index contributed by atoms with van der Waals surface area (Å²) in [5, 5.41) is 28.7. The van der Waals surface area contributed by atoms with Crippen molar-refractivity contribution in [3.05, 3.63) is 149 Å². The van der Waals surface area contributed by atoms with Gasteiger partial charge in [-0.15, -0.1) is 0 Å². The second-order valence-corrected chi connectivity index (χ2v) is 16.0. The number of hydrogen-bond acceptors (Lipinski definition) is 7. The Hall–Kier alpha value is -7.09. The van der Waals surface area contributed by atoms with Crippen LogP contribution in [0.1, 0.15) is 61.1 Å². The molecule has 14 heteroatoms. The van der Waals surface area contributed by atoms with Gasteiger partial charge in [0.25, 0.3) is 0 Å². The predicted octanol–water partition coefficient (Wildman–Crippen LogP) is 4.49. The molecule has 4 atom stereocenters. The van der Waals surface area contributed by atoms with Crippen molar-refractivity contribution >= 4 is 41.2 Å². The zero-order valence-electron chi connectivity index (χ0n) is 34.9. The lowest BCUT2D eigenvalue weighted by Crippen LogP contribution is -2.59. The quantitative estimate of drug-likeness (QED) is 0.105. The van der Waals surface area contributed by atoms with E-state index >= 15 is 0 Å². The van der Waals surface area contributed by atoms with E-state index in [1.807, 2.05) is 72.9 Å². The van der Waals surface area contributed by atoms with Crippen LogP contribution in [-0.2, 0) is 60.9 Å². The van der Waals surface area contributed by atoms with Crippen LogP contribution >= 0.6 is 0 Å². The number of carbonyl (C=O) groups excluding carboxylic acids is 5. The lowest BCUT2D eigenvalue weighted by molar-refractivity contribution is -0.142. The molecule has 4 aromatic carbocycles. The highest BCUT2D eigenvalue weighted by atomic mass is 16.4. The van der Waals surface area contributed by atoms with Gasteiger partial charge in [0.1, 0.15) is 24.2 Å². The molecule has 322 valence electrons. The van der Waals surface area contributed by atoms with Gasteiger partial charge in [-0.1, -0.05) is 98.8 Å². The van der Waals surface area contributed by atoms with E-state index in [1.54, 1.807) is 53.2 Å². The van der Waals surface area contributed by atoms with Gasteiger partial charge in [-0.2, -0.15) is 5.10 Å². The third-order valence-electron chi connectivity index (χ3n) is 10.5. The van der Waals surface area contributed by atoms with Crippen molar-refractivity contribution in [2.45, 2.75) is 89.4 Å². The molecule has 0 fully saturated rings. The van der Waals surface area contributed by atoms with E-state index in [4.69, 9.17) is 0 Å². The lowest BCUT2D eigenvalue weighted by Gasteiger charge is -2.26. The Balaban J connectivity index is 1.33. The SMILES string of the molecule is CC(C)Cc1ccn(-c2ccc(CC3NC(=O)C(CCc4ccccc4)NC(=O)CCC(=O)Nc4ccc(cc4)CC(C(=O)O)NC(=O)C(Cc4ccccc4)NC3=O)cc2)n1. The fourth-order valence-electron chi connectivity index (χ4n) is 7.24. The molecule has 0 spiro atoms. The van der Waals surface area contributed by atoms with Gasteiger partial charge in [-0.25, -0.2) is 9.48 Å². The van der Waals surface area contributed by atoms with Gasteiger partial charge < -0.3 is 31.7 Å². The van der Waals surface area contributed by atoms with Crippen LogP contribution in [0.5, 0.6) is 0 Å². The molecular formula is C48H53N7O7. The van der Waals surface area contributed by atoms with Crippen molar-refractivity contribution in [1.29, 1.82) is 0 Å². The van der Waals surface area contributed by atoms with Crippen LogP contribution in [-0.4, -0.2) is 74.6 Å². The zero-order valence-corrected chi connectivity index (χ0v) is 34.9. The van der Waals surface area contributed by atoms with Crippen molar-refractivity contribution in [3.8, 4) is 5.69 Å². The molecule has 2 aliphatic heterocycles. The summed E-state index contributed by atoms with van der Waals surface area (Å²) in [5.41, 5.74) is 5.09. The maximum absolute atomic E-state index is 14.5. The van der Waals surface area contributed by atoms with Gasteiger partial charge in [0.15, 0.2) is 0 Å². The molecule has 5 amide bonds. The van der Waals surface area contributed by atoms with Crippen LogP contribution in [0.4, 0.5) is 5.69 Å². The fourth-order valence-corrected chi connectivity index (χ4v) is 7.24. The largest absolute Gasteiger partial charge is 0.480 e. The summed E-state index contributed by atoms with van der Waals surface area (Å²) in [6.07, 6.45) is 2.88. The van der Waals surface area contributed by atoms with Crippen LogP contribution in [0.2, 0.25) is 0 Å². The molecule has 2 bridgehead atoms. The van der Waals surface area contributed by atoms with Crippen molar-refractivity contribution in [2.75, 3.05) is 5.32 Å². The Morgan fingerprint density at radius 2 is 1.23 bits per heavy atom. The number of aromatic nitrogens is 2. The molecule has 4 unspecified atom stereocenters. The monoisotopic (exact) mass is 839 g/mol. The maximum Gasteiger partial charge on any atom is 0.326 e. The van der Waals surface area contributed by atoms with E-state index in [0.717, 1.165) is 23.4 Å².